The zero-order chi connectivity index (χ0) is 16.2. The van der Waals surface area contributed by atoms with Crippen molar-refractivity contribution in [3.05, 3.63) is 41.7 Å². The highest BCUT2D eigenvalue weighted by molar-refractivity contribution is 5.94. The van der Waals surface area contributed by atoms with Gasteiger partial charge < -0.3 is 19.6 Å². The average molecular weight is 313 g/mol. The van der Waals surface area contributed by atoms with Gasteiger partial charge in [-0.25, -0.2) is 4.98 Å². The number of amides is 1. The number of carbonyl (C=O) groups is 1. The third-order valence-electron chi connectivity index (χ3n) is 4.15. The topological polar surface area (TPSA) is 95.7 Å². The summed E-state index contributed by atoms with van der Waals surface area (Å²) in [5.74, 6) is 0.882. The van der Waals surface area contributed by atoms with Gasteiger partial charge in [0.15, 0.2) is 0 Å². The fourth-order valence-corrected chi connectivity index (χ4v) is 2.90. The van der Waals surface area contributed by atoms with E-state index >= 15 is 0 Å². The molecule has 0 saturated carbocycles. The number of hydrogen-bond donors (Lipinski definition) is 2. The smallest absolute Gasteiger partial charge is 0.252 e. The Hall–Kier alpha value is -2.59. The molecule has 23 heavy (non-hydrogen) atoms. The van der Waals surface area contributed by atoms with Gasteiger partial charge in [0, 0.05) is 44.7 Å². The molecule has 0 bridgehead atoms. The van der Waals surface area contributed by atoms with Crippen LogP contribution in [0.5, 0.6) is 0 Å². The van der Waals surface area contributed by atoms with Crippen LogP contribution in [0.4, 0.5) is 0 Å². The third-order valence-corrected chi connectivity index (χ3v) is 4.15. The number of aromatic nitrogens is 3. The van der Waals surface area contributed by atoms with Crippen LogP contribution in [0.3, 0.4) is 0 Å². The molecule has 0 aliphatic carbocycles. The molecule has 0 radical (unpaired) electrons. The molecular formula is C16H19N5O2. The molecule has 2 N–H and O–H groups in total. The molecule has 2 aromatic heterocycles. The Balaban J connectivity index is 1.64. The summed E-state index contributed by atoms with van der Waals surface area (Å²) >= 11 is 0. The van der Waals surface area contributed by atoms with Gasteiger partial charge in [-0.2, -0.15) is 5.26 Å². The third kappa shape index (κ3) is 3.27. The zero-order valence-electron chi connectivity index (χ0n) is 13.0. The lowest BCUT2D eigenvalue weighted by Crippen LogP contribution is -2.35. The SMILES string of the molecule is Cn1ccnc1[C@@H]1OCCC[C@H]1CNC(=O)c1c[nH]c(C#N)c1. The molecule has 3 heterocycles. The van der Waals surface area contributed by atoms with Crippen molar-refractivity contribution < 1.29 is 9.53 Å². The molecule has 7 heteroatoms. The van der Waals surface area contributed by atoms with Crippen LogP contribution < -0.4 is 5.32 Å². The van der Waals surface area contributed by atoms with E-state index in [2.05, 4.69) is 15.3 Å². The monoisotopic (exact) mass is 313 g/mol. The number of aromatic amines is 1. The minimum absolute atomic E-state index is 0.107. The first-order valence-electron chi connectivity index (χ1n) is 7.64. The molecule has 3 rings (SSSR count). The standard InChI is InChI=1S/C16H19N5O2/c1-21-5-4-18-15(21)14-11(3-2-6-23-14)9-20-16(22)12-7-13(8-17)19-10-12/h4-5,7,10-11,14,19H,2-3,6,9H2,1H3,(H,20,22)/t11-,14+/m0/s1. The molecule has 2 atom stereocenters. The first kappa shape index (κ1) is 15.3. The highest BCUT2D eigenvalue weighted by Crippen LogP contribution is 2.32. The summed E-state index contributed by atoms with van der Waals surface area (Å²) in [6, 6.07) is 3.52. The molecule has 120 valence electrons. The second kappa shape index (κ2) is 6.67. The van der Waals surface area contributed by atoms with Crippen molar-refractivity contribution in [1.29, 1.82) is 5.26 Å². The number of nitrogens with one attached hydrogen (secondary N) is 2. The number of imidazole rings is 1. The second-order valence-electron chi connectivity index (χ2n) is 5.71. The van der Waals surface area contributed by atoms with Crippen molar-refractivity contribution in [2.45, 2.75) is 18.9 Å². The van der Waals surface area contributed by atoms with Gasteiger partial charge in [0.2, 0.25) is 0 Å². The van der Waals surface area contributed by atoms with E-state index in [9.17, 15) is 4.79 Å². The number of carbonyl (C=O) groups excluding carboxylic acids is 1. The number of ether oxygens (including phenoxy) is 1. The highest BCUT2D eigenvalue weighted by atomic mass is 16.5. The quantitative estimate of drug-likeness (QED) is 0.894. The predicted molar refractivity (Wildman–Crippen MR) is 82.5 cm³/mol. The molecule has 2 aromatic rings. The lowest BCUT2D eigenvalue weighted by Gasteiger charge is -2.31. The number of rotatable bonds is 4. The van der Waals surface area contributed by atoms with Crippen molar-refractivity contribution in [2.24, 2.45) is 13.0 Å². The second-order valence-corrected chi connectivity index (χ2v) is 5.71. The van der Waals surface area contributed by atoms with E-state index in [4.69, 9.17) is 10.00 Å². The molecule has 1 amide bonds. The number of aryl methyl sites for hydroxylation is 1. The fourth-order valence-electron chi connectivity index (χ4n) is 2.90. The van der Waals surface area contributed by atoms with Gasteiger partial charge in [0.1, 0.15) is 23.7 Å². The number of nitriles is 1. The first-order valence-corrected chi connectivity index (χ1v) is 7.64. The van der Waals surface area contributed by atoms with E-state index in [1.165, 1.54) is 0 Å². The summed E-state index contributed by atoms with van der Waals surface area (Å²) in [5.41, 5.74) is 0.842. The van der Waals surface area contributed by atoms with Crippen LogP contribution in [0, 0.1) is 17.2 Å². The van der Waals surface area contributed by atoms with Gasteiger partial charge in [0.25, 0.3) is 5.91 Å². The number of hydrogen-bond acceptors (Lipinski definition) is 4. The molecule has 7 nitrogen and oxygen atoms in total. The van der Waals surface area contributed by atoms with E-state index in [1.54, 1.807) is 18.5 Å². The highest BCUT2D eigenvalue weighted by Gasteiger charge is 2.30. The molecular weight excluding hydrogens is 294 g/mol. The summed E-state index contributed by atoms with van der Waals surface area (Å²) < 4.78 is 7.85. The predicted octanol–water partition coefficient (Wildman–Crippen LogP) is 1.52. The van der Waals surface area contributed by atoms with Crippen LogP contribution in [0.2, 0.25) is 0 Å². The maximum absolute atomic E-state index is 12.2. The molecule has 1 aliphatic heterocycles. The van der Waals surface area contributed by atoms with Gasteiger partial charge in [-0.3, -0.25) is 4.79 Å². The van der Waals surface area contributed by atoms with Crippen molar-refractivity contribution in [1.82, 2.24) is 19.9 Å². The van der Waals surface area contributed by atoms with E-state index in [-0.39, 0.29) is 17.9 Å². The molecule has 1 saturated heterocycles. The van der Waals surface area contributed by atoms with Gasteiger partial charge in [-0.1, -0.05) is 0 Å². The van der Waals surface area contributed by atoms with Crippen LogP contribution in [0.25, 0.3) is 0 Å². The minimum atomic E-state index is -0.188. The summed E-state index contributed by atoms with van der Waals surface area (Å²) in [6.45, 7) is 1.23. The van der Waals surface area contributed by atoms with E-state index in [0.717, 1.165) is 18.7 Å². The number of H-pyrrole nitrogens is 1. The van der Waals surface area contributed by atoms with E-state index in [0.29, 0.717) is 24.4 Å². The Bertz CT molecular complexity index is 727. The lowest BCUT2D eigenvalue weighted by molar-refractivity contribution is -0.0337. The molecule has 0 unspecified atom stereocenters. The summed E-state index contributed by atoms with van der Waals surface area (Å²) in [5, 5.41) is 11.7. The first-order chi connectivity index (χ1) is 11.2. The summed E-state index contributed by atoms with van der Waals surface area (Å²) in [6.07, 6.45) is 7.04. The van der Waals surface area contributed by atoms with Crippen molar-refractivity contribution in [3.8, 4) is 6.07 Å². The van der Waals surface area contributed by atoms with E-state index in [1.807, 2.05) is 23.9 Å². The maximum Gasteiger partial charge on any atom is 0.252 e. The Kier molecular flexibility index (Phi) is 4.44. The average Bonchev–Trinajstić information content (AvgIpc) is 3.21. The van der Waals surface area contributed by atoms with Gasteiger partial charge in [-0.05, 0) is 18.9 Å². The van der Waals surface area contributed by atoms with Gasteiger partial charge >= 0.3 is 0 Å². The van der Waals surface area contributed by atoms with Gasteiger partial charge in [-0.15, -0.1) is 0 Å². The summed E-state index contributed by atoms with van der Waals surface area (Å²) in [4.78, 5) is 19.3. The Labute approximate surface area is 134 Å². The van der Waals surface area contributed by atoms with E-state index < -0.39 is 0 Å². The molecule has 0 aromatic carbocycles. The molecule has 1 aliphatic rings. The lowest BCUT2D eigenvalue weighted by atomic mass is 9.93. The zero-order valence-corrected chi connectivity index (χ0v) is 13.0. The Morgan fingerprint density at radius 1 is 1.65 bits per heavy atom. The van der Waals surface area contributed by atoms with Gasteiger partial charge in [0.05, 0.1) is 5.56 Å². The summed E-state index contributed by atoms with van der Waals surface area (Å²) in [7, 11) is 1.94. The van der Waals surface area contributed by atoms with Crippen LogP contribution in [0.15, 0.2) is 24.7 Å². The fraction of sp³-hybridized carbons (Fsp3) is 0.438. The molecule has 1 fully saturated rings. The minimum Gasteiger partial charge on any atom is -0.370 e. The van der Waals surface area contributed by atoms with Crippen LogP contribution in [-0.2, 0) is 11.8 Å². The van der Waals surface area contributed by atoms with Crippen molar-refractivity contribution in [3.63, 3.8) is 0 Å². The van der Waals surface area contributed by atoms with Crippen molar-refractivity contribution in [2.75, 3.05) is 13.2 Å². The van der Waals surface area contributed by atoms with Crippen LogP contribution >= 0.6 is 0 Å². The largest absolute Gasteiger partial charge is 0.370 e. The Morgan fingerprint density at radius 2 is 2.52 bits per heavy atom. The molecule has 0 spiro atoms. The van der Waals surface area contributed by atoms with Crippen LogP contribution in [0.1, 0.15) is 40.8 Å². The number of nitrogens with zero attached hydrogens (tertiary/aromatic N) is 3. The maximum atomic E-state index is 12.2. The van der Waals surface area contributed by atoms with Crippen molar-refractivity contribution >= 4 is 5.91 Å². The normalized spacial score (nSPS) is 20.9. The van der Waals surface area contributed by atoms with Crippen LogP contribution in [-0.4, -0.2) is 33.6 Å². The Morgan fingerprint density at radius 3 is 3.22 bits per heavy atom.